The summed E-state index contributed by atoms with van der Waals surface area (Å²) in [7, 11) is 0. The Bertz CT molecular complexity index is 445. The molecule has 1 unspecified atom stereocenters. The minimum Gasteiger partial charge on any atom is -0.478 e. The van der Waals surface area contributed by atoms with E-state index in [-0.39, 0.29) is 0 Å². The van der Waals surface area contributed by atoms with Crippen LogP contribution in [0.2, 0.25) is 0 Å². The van der Waals surface area contributed by atoms with Gasteiger partial charge in [0.05, 0.1) is 16.9 Å². The standard InChI is InChI=1S/C14H20N2O2/c1-2-10-6-3-4-9-16(10)13-11(14(17)18)7-5-8-12(13)15/h5,7-8,10H,2-4,6,9,15H2,1H3,(H,17,18). The monoisotopic (exact) mass is 248 g/mol. The summed E-state index contributed by atoms with van der Waals surface area (Å²) < 4.78 is 0. The van der Waals surface area contributed by atoms with Gasteiger partial charge in [-0.15, -0.1) is 0 Å². The fourth-order valence-corrected chi connectivity index (χ4v) is 2.77. The van der Waals surface area contributed by atoms with Crippen LogP contribution in [0.3, 0.4) is 0 Å². The number of carboxylic acid groups (broad SMARTS) is 1. The molecule has 98 valence electrons. The number of hydrogen-bond donors (Lipinski definition) is 2. The maximum Gasteiger partial charge on any atom is 0.337 e. The number of para-hydroxylation sites is 1. The third kappa shape index (κ3) is 2.28. The summed E-state index contributed by atoms with van der Waals surface area (Å²) in [5, 5.41) is 9.30. The van der Waals surface area contributed by atoms with Gasteiger partial charge in [-0.3, -0.25) is 0 Å². The number of nitrogen functional groups attached to an aromatic ring is 1. The largest absolute Gasteiger partial charge is 0.478 e. The van der Waals surface area contributed by atoms with Crippen molar-refractivity contribution in [2.45, 2.75) is 38.6 Å². The van der Waals surface area contributed by atoms with E-state index in [4.69, 9.17) is 5.73 Å². The zero-order chi connectivity index (χ0) is 13.1. The lowest BCUT2D eigenvalue weighted by Crippen LogP contribution is -2.40. The normalized spacial score (nSPS) is 19.8. The molecule has 1 aromatic rings. The van der Waals surface area contributed by atoms with Gasteiger partial charge in [0.2, 0.25) is 0 Å². The first-order valence-corrected chi connectivity index (χ1v) is 6.53. The van der Waals surface area contributed by atoms with Gasteiger partial charge in [0.1, 0.15) is 0 Å². The predicted molar refractivity (Wildman–Crippen MR) is 73.1 cm³/mol. The molecule has 0 aliphatic carbocycles. The molecule has 18 heavy (non-hydrogen) atoms. The quantitative estimate of drug-likeness (QED) is 0.807. The minimum absolute atomic E-state index is 0.315. The number of nitrogens with zero attached hydrogens (tertiary/aromatic N) is 1. The van der Waals surface area contributed by atoms with Crippen molar-refractivity contribution in [1.82, 2.24) is 0 Å². The second-order valence-electron chi connectivity index (χ2n) is 4.80. The maximum atomic E-state index is 11.3. The van der Waals surface area contributed by atoms with Crippen molar-refractivity contribution in [1.29, 1.82) is 0 Å². The zero-order valence-corrected chi connectivity index (χ0v) is 10.7. The van der Waals surface area contributed by atoms with E-state index in [2.05, 4.69) is 11.8 Å². The Morgan fingerprint density at radius 2 is 2.28 bits per heavy atom. The highest BCUT2D eigenvalue weighted by molar-refractivity contribution is 5.98. The molecule has 1 aliphatic rings. The summed E-state index contributed by atoms with van der Waals surface area (Å²) in [6, 6.07) is 5.52. The minimum atomic E-state index is -0.905. The molecule has 0 bridgehead atoms. The first-order chi connectivity index (χ1) is 8.65. The van der Waals surface area contributed by atoms with E-state index in [1.807, 2.05) is 0 Å². The van der Waals surface area contributed by atoms with Gasteiger partial charge in [-0.25, -0.2) is 4.79 Å². The molecule has 3 N–H and O–H groups in total. The van der Waals surface area contributed by atoms with E-state index < -0.39 is 5.97 Å². The molecule has 1 heterocycles. The number of carboxylic acids is 1. The summed E-state index contributed by atoms with van der Waals surface area (Å²) >= 11 is 0. The van der Waals surface area contributed by atoms with Crippen molar-refractivity contribution in [3.05, 3.63) is 23.8 Å². The molecule has 0 aromatic heterocycles. The van der Waals surface area contributed by atoms with Crippen molar-refractivity contribution >= 4 is 17.3 Å². The SMILES string of the molecule is CCC1CCCCN1c1c(N)cccc1C(=O)O. The molecule has 4 heteroatoms. The Hall–Kier alpha value is -1.71. The first-order valence-electron chi connectivity index (χ1n) is 6.53. The lowest BCUT2D eigenvalue weighted by Gasteiger charge is -2.38. The fraction of sp³-hybridized carbons (Fsp3) is 0.500. The van der Waals surface area contributed by atoms with Crippen LogP contribution >= 0.6 is 0 Å². The van der Waals surface area contributed by atoms with Gasteiger partial charge < -0.3 is 15.7 Å². The van der Waals surface area contributed by atoms with Gasteiger partial charge in [0.25, 0.3) is 0 Å². The van der Waals surface area contributed by atoms with E-state index >= 15 is 0 Å². The number of piperidine rings is 1. The van der Waals surface area contributed by atoms with Crippen molar-refractivity contribution < 1.29 is 9.90 Å². The number of carbonyl (C=O) groups is 1. The van der Waals surface area contributed by atoms with Crippen molar-refractivity contribution in [2.24, 2.45) is 0 Å². The average molecular weight is 248 g/mol. The van der Waals surface area contributed by atoms with Gasteiger partial charge >= 0.3 is 5.97 Å². The van der Waals surface area contributed by atoms with Crippen LogP contribution in [0, 0.1) is 0 Å². The lowest BCUT2D eigenvalue weighted by atomic mass is 9.97. The smallest absolute Gasteiger partial charge is 0.337 e. The van der Waals surface area contributed by atoms with Crippen LogP contribution < -0.4 is 10.6 Å². The Kier molecular flexibility index (Phi) is 3.75. The molecule has 0 saturated carbocycles. The second kappa shape index (κ2) is 5.29. The number of anilines is 2. The zero-order valence-electron chi connectivity index (χ0n) is 10.7. The topological polar surface area (TPSA) is 66.6 Å². The van der Waals surface area contributed by atoms with Crippen molar-refractivity contribution in [3.63, 3.8) is 0 Å². The number of hydrogen-bond acceptors (Lipinski definition) is 3. The molecule has 0 radical (unpaired) electrons. The molecular weight excluding hydrogens is 228 g/mol. The van der Waals surface area contributed by atoms with Crippen LogP contribution in [0.5, 0.6) is 0 Å². The van der Waals surface area contributed by atoms with Crippen molar-refractivity contribution in [2.75, 3.05) is 17.2 Å². The predicted octanol–water partition coefficient (Wildman–Crippen LogP) is 2.74. The number of rotatable bonds is 3. The van der Waals surface area contributed by atoms with Gasteiger partial charge in [-0.1, -0.05) is 13.0 Å². The molecule has 0 spiro atoms. The summed E-state index contributed by atoms with van der Waals surface area (Å²) in [5.41, 5.74) is 7.59. The lowest BCUT2D eigenvalue weighted by molar-refractivity contribution is 0.0697. The molecule has 0 amide bonds. The van der Waals surface area contributed by atoms with Gasteiger partial charge in [-0.2, -0.15) is 0 Å². The molecule has 2 rings (SSSR count). The highest BCUT2D eigenvalue weighted by atomic mass is 16.4. The number of aromatic carboxylic acids is 1. The van der Waals surface area contributed by atoms with Crippen LogP contribution in [0.15, 0.2) is 18.2 Å². The summed E-state index contributed by atoms with van der Waals surface area (Å²) in [5.74, 6) is -0.905. The summed E-state index contributed by atoms with van der Waals surface area (Å²) in [6.07, 6.45) is 4.45. The van der Waals surface area contributed by atoms with Crippen molar-refractivity contribution in [3.8, 4) is 0 Å². The Labute approximate surface area is 107 Å². The molecule has 1 saturated heterocycles. The average Bonchev–Trinajstić information content (AvgIpc) is 2.38. The Morgan fingerprint density at radius 3 is 2.94 bits per heavy atom. The van der Waals surface area contributed by atoms with Gasteiger partial charge in [0, 0.05) is 12.6 Å². The second-order valence-corrected chi connectivity index (χ2v) is 4.80. The molecular formula is C14H20N2O2. The van der Waals surface area contributed by atoms with Gasteiger partial charge in [0.15, 0.2) is 0 Å². The number of nitrogens with two attached hydrogens (primary N) is 1. The van der Waals surface area contributed by atoms with E-state index in [0.717, 1.165) is 25.8 Å². The van der Waals surface area contributed by atoms with Gasteiger partial charge in [-0.05, 0) is 37.8 Å². The fourth-order valence-electron chi connectivity index (χ4n) is 2.77. The molecule has 4 nitrogen and oxygen atoms in total. The summed E-state index contributed by atoms with van der Waals surface area (Å²) in [6.45, 7) is 3.04. The maximum absolute atomic E-state index is 11.3. The molecule has 1 fully saturated rings. The van der Waals surface area contributed by atoms with E-state index in [0.29, 0.717) is 23.0 Å². The molecule has 1 aromatic carbocycles. The number of benzene rings is 1. The first kappa shape index (κ1) is 12.7. The third-order valence-electron chi connectivity index (χ3n) is 3.68. The Morgan fingerprint density at radius 1 is 1.50 bits per heavy atom. The van der Waals surface area contributed by atoms with E-state index in [1.54, 1.807) is 18.2 Å². The van der Waals surface area contributed by atoms with E-state index in [1.165, 1.54) is 6.42 Å². The van der Waals surface area contributed by atoms with Crippen LogP contribution in [0.25, 0.3) is 0 Å². The molecule has 1 aliphatic heterocycles. The van der Waals surface area contributed by atoms with E-state index in [9.17, 15) is 9.90 Å². The van der Waals surface area contributed by atoms with Crippen LogP contribution in [0.4, 0.5) is 11.4 Å². The van der Waals surface area contributed by atoms with Crippen LogP contribution in [-0.2, 0) is 0 Å². The molecule has 1 atom stereocenters. The highest BCUT2D eigenvalue weighted by Crippen LogP contribution is 2.34. The summed E-state index contributed by atoms with van der Waals surface area (Å²) in [4.78, 5) is 13.5. The third-order valence-corrected chi connectivity index (χ3v) is 3.68. The Balaban J connectivity index is 2.44. The van der Waals surface area contributed by atoms with Crippen LogP contribution in [0.1, 0.15) is 43.0 Å². The van der Waals surface area contributed by atoms with Crippen LogP contribution in [-0.4, -0.2) is 23.7 Å². The highest BCUT2D eigenvalue weighted by Gasteiger charge is 2.26.